The Bertz CT molecular complexity index is 2580. The van der Waals surface area contributed by atoms with Gasteiger partial charge in [0.05, 0.1) is 16.4 Å². The number of oxime groups is 3. The minimum absolute atomic E-state index is 0.0602. The molecule has 0 spiro atoms. The molecule has 0 aromatic heterocycles. The smallest absolute Gasteiger partial charge is 0.389 e. The molecule has 12 nitrogen and oxygen atoms in total. The number of nitrogens with zero attached hydrogens (tertiary/aromatic N) is 3. The maximum absolute atomic E-state index is 13.7. The lowest BCUT2D eigenvalue weighted by Crippen LogP contribution is -2.35. The van der Waals surface area contributed by atoms with E-state index in [2.05, 4.69) is 20.4 Å². The van der Waals surface area contributed by atoms with E-state index in [1.807, 2.05) is 0 Å². The van der Waals surface area contributed by atoms with E-state index in [0.717, 1.165) is 37.3 Å². The van der Waals surface area contributed by atoms with Crippen LogP contribution in [0.2, 0.25) is 0 Å². The van der Waals surface area contributed by atoms with Crippen LogP contribution in [0.5, 0.6) is 0 Å². The van der Waals surface area contributed by atoms with Gasteiger partial charge in [0, 0.05) is 37.3 Å². The summed E-state index contributed by atoms with van der Waals surface area (Å²) in [6.07, 6.45) is -15.8. The van der Waals surface area contributed by atoms with Crippen molar-refractivity contribution in [2.75, 3.05) is 0 Å². The molecule has 396 valence electrons. The highest BCUT2D eigenvalue weighted by atomic mass is 32.2. The number of thioether (sulfide) groups is 1. The number of sulfone groups is 1. The third-order valence-corrected chi connectivity index (χ3v) is 13.9. The fourth-order valence-corrected chi connectivity index (χ4v) is 10.7. The largest absolute Gasteiger partial charge is 0.410 e. The SMILES string of the molecule is CC(=O)OO.CC1(C)CC(S(=O)(=O)C(c2c(F)cccc2F)C(F)(F)F)=NO1.CC1(C)CC(S(=O)C(c2c(F)cccc2F)C(F)(F)F)=NO1.CC1(C)CC(SC(c2c(F)cccc2F)C(F)(F)F)=NO1. The molecule has 71 heavy (non-hydrogen) atoms. The first-order valence-corrected chi connectivity index (χ1v) is 23.3. The van der Waals surface area contributed by atoms with Crippen LogP contribution >= 0.6 is 11.8 Å². The number of alkyl halides is 9. The maximum Gasteiger partial charge on any atom is 0.410 e. The fourth-order valence-electron chi connectivity index (χ4n) is 6.00. The van der Waals surface area contributed by atoms with E-state index in [9.17, 15) is 83.3 Å². The van der Waals surface area contributed by atoms with Gasteiger partial charge >= 0.3 is 24.5 Å². The molecule has 0 saturated heterocycles. The van der Waals surface area contributed by atoms with Crippen LogP contribution in [-0.2, 0) is 44.8 Å². The van der Waals surface area contributed by atoms with Crippen LogP contribution in [0.25, 0.3) is 0 Å². The first-order valence-electron chi connectivity index (χ1n) is 19.7. The highest BCUT2D eigenvalue weighted by Crippen LogP contribution is 2.48. The van der Waals surface area contributed by atoms with E-state index >= 15 is 0 Å². The van der Waals surface area contributed by atoms with Crippen LogP contribution in [0, 0.1) is 34.9 Å². The lowest BCUT2D eigenvalue weighted by molar-refractivity contribution is -0.231. The Balaban J connectivity index is 0.000000268. The predicted molar refractivity (Wildman–Crippen MR) is 226 cm³/mol. The van der Waals surface area contributed by atoms with Gasteiger partial charge in [-0.15, -0.1) is 0 Å². The summed E-state index contributed by atoms with van der Waals surface area (Å²) in [6.45, 7) is 10.4. The number of rotatable bonds is 6. The number of carbonyl (C=O) groups is 1. The van der Waals surface area contributed by atoms with Crippen molar-refractivity contribution < 1.29 is 108 Å². The van der Waals surface area contributed by atoms with Gasteiger partial charge < -0.3 is 19.4 Å². The molecule has 0 bridgehead atoms. The lowest BCUT2D eigenvalue weighted by atomic mass is 10.1. The molecular weight excluding hydrogens is 1060 g/mol. The number of hydrogen-bond acceptors (Lipinski definition) is 13. The Kier molecular flexibility index (Phi) is 19.3. The van der Waals surface area contributed by atoms with Crippen molar-refractivity contribution >= 4 is 53.5 Å². The zero-order valence-electron chi connectivity index (χ0n) is 37.5. The van der Waals surface area contributed by atoms with Gasteiger partial charge in [-0.3, -0.25) is 4.21 Å². The van der Waals surface area contributed by atoms with Crippen LogP contribution in [0.15, 0.2) is 70.1 Å². The average molecular weight is 1100 g/mol. The highest BCUT2D eigenvalue weighted by molar-refractivity contribution is 8.14. The molecule has 0 radical (unpaired) electrons. The fraction of sp³-hybridized carbons (Fsp3) is 0.463. The van der Waals surface area contributed by atoms with Crippen molar-refractivity contribution in [1.29, 1.82) is 0 Å². The second-order valence-corrected chi connectivity index (χ2v) is 21.5. The van der Waals surface area contributed by atoms with Crippen LogP contribution < -0.4 is 0 Å². The van der Waals surface area contributed by atoms with Crippen molar-refractivity contribution in [3.05, 3.63) is 106 Å². The summed E-state index contributed by atoms with van der Waals surface area (Å²) in [5.41, 5.74) is -6.61. The third kappa shape index (κ3) is 16.2. The Hall–Kier alpha value is -5.10. The number of carbonyl (C=O) groups excluding carboxylic acids is 1. The maximum atomic E-state index is 13.7. The average Bonchev–Trinajstić information content (AvgIpc) is 3.90. The van der Waals surface area contributed by atoms with Gasteiger partial charge in [-0.2, -0.15) is 44.8 Å². The van der Waals surface area contributed by atoms with E-state index in [1.54, 1.807) is 27.7 Å². The van der Waals surface area contributed by atoms with Gasteiger partial charge in [0.15, 0.2) is 15.5 Å². The summed E-state index contributed by atoms with van der Waals surface area (Å²) in [5, 5.41) is 7.58. The monoisotopic (exact) mass is 1100 g/mol. The van der Waals surface area contributed by atoms with Gasteiger partial charge in [0.1, 0.15) is 67.0 Å². The molecule has 3 aromatic carbocycles. The zero-order valence-corrected chi connectivity index (χ0v) is 39.9. The molecule has 0 aliphatic carbocycles. The van der Waals surface area contributed by atoms with Gasteiger partial charge in [-0.25, -0.2) is 39.6 Å². The molecule has 0 amide bonds. The van der Waals surface area contributed by atoms with Crippen molar-refractivity contribution in [2.45, 2.75) is 119 Å². The minimum atomic E-state index is -5.43. The molecule has 0 saturated carbocycles. The normalized spacial score (nSPS) is 18.6. The molecule has 3 aliphatic heterocycles. The quantitative estimate of drug-likeness (QED) is 0.143. The Morgan fingerprint density at radius 2 is 1.01 bits per heavy atom. The first-order chi connectivity index (χ1) is 32.3. The molecule has 0 fully saturated rings. The summed E-state index contributed by atoms with van der Waals surface area (Å²) >= 11 is 0.263. The van der Waals surface area contributed by atoms with Crippen molar-refractivity contribution in [3.63, 3.8) is 0 Å². The van der Waals surface area contributed by atoms with Crippen molar-refractivity contribution in [2.24, 2.45) is 15.5 Å². The minimum Gasteiger partial charge on any atom is -0.389 e. The topological polar surface area (TPSA) is 163 Å². The summed E-state index contributed by atoms with van der Waals surface area (Å²) in [4.78, 5) is 27.1. The van der Waals surface area contributed by atoms with Crippen LogP contribution in [0.1, 0.15) is 100 Å². The van der Waals surface area contributed by atoms with Crippen LogP contribution in [0.4, 0.5) is 65.9 Å². The lowest BCUT2D eigenvalue weighted by Gasteiger charge is -2.21. The molecule has 3 heterocycles. The zero-order chi connectivity index (χ0) is 54.5. The van der Waals surface area contributed by atoms with E-state index in [0.29, 0.717) is 24.3 Å². The molecular formula is C41H40F15N3O9S3. The van der Waals surface area contributed by atoms with Crippen LogP contribution in [0.3, 0.4) is 0 Å². The van der Waals surface area contributed by atoms with Crippen LogP contribution in [-0.4, -0.2) is 74.3 Å². The summed E-state index contributed by atoms with van der Waals surface area (Å²) in [5.74, 6) is -9.18. The summed E-state index contributed by atoms with van der Waals surface area (Å²) < 4.78 is 238. The van der Waals surface area contributed by atoms with Gasteiger partial charge in [0.25, 0.3) is 0 Å². The molecule has 6 rings (SSSR count). The second kappa shape index (κ2) is 22.8. The molecule has 4 atom stereocenters. The second-order valence-electron chi connectivity index (χ2n) is 16.8. The van der Waals surface area contributed by atoms with Gasteiger partial charge in [-0.1, -0.05) is 45.4 Å². The number of halogens is 15. The predicted octanol–water partition coefficient (Wildman–Crippen LogP) is 12.2. The third-order valence-electron chi connectivity index (χ3n) is 9.06. The van der Waals surface area contributed by atoms with Gasteiger partial charge in [-0.05, 0) is 77.9 Å². The van der Waals surface area contributed by atoms with E-state index in [1.165, 1.54) is 13.8 Å². The molecule has 30 heteroatoms. The Labute approximate surface area is 400 Å². The Morgan fingerprint density at radius 1 is 0.634 bits per heavy atom. The van der Waals surface area contributed by atoms with Crippen molar-refractivity contribution in [1.82, 2.24) is 0 Å². The first kappa shape index (κ1) is 60.2. The van der Waals surface area contributed by atoms with E-state index < -0.39 is 141 Å². The highest BCUT2D eigenvalue weighted by Gasteiger charge is 2.56. The summed E-state index contributed by atoms with van der Waals surface area (Å²) in [6, 6.07) is 6.88. The van der Waals surface area contributed by atoms with Crippen molar-refractivity contribution in [3.8, 4) is 0 Å². The number of hydrogen-bond donors (Lipinski definition) is 1. The molecule has 3 aromatic rings. The molecule has 3 aliphatic rings. The molecule has 4 unspecified atom stereocenters. The summed E-state index contributed by atoms with van der Waals surface area (Å²) in [7, 11) is -8.01. The van der Waals surface area contributed by atoms with E-state index in [4.69, 9.17) is 19.8 Å². The number of benzene rings is 3. The Morgan fingerprint density at radius 3 is 1.34 bits per heavy atom. The standard InChI is InChI=1S/C13H12F5NO3S.C13H12F5NO2S.C13H12F5NOS.C2H4O3/c1-12(2)6-9(19-22-12)23(20,21)11(13(16,17)18)10-7(14)4-3-5-8(10)15;1-12(2)6-9(19-21-12)22(20)11(13(16,17)18)10-7(14)4-3-5-8(10)15;1-12(2)6-9(19-20-12)21-11(13(16,17)18)10-7(14)4-3-5-8(10)15;1-2(3)5-4/h3-5,11H,6H2,1-2H3;3-5,11H,6H2,1-2H3;3-5,11H,6H2,1-2H3;4H,1H3. The molecule has 1 N–H and O–H groups in total. The van der Waals surface area contributed by atoms with Gasteiger partial charge in [0.2, 0.25) is 9.84 Å². The van der Waals surface area contributed by atoms with E-state index in [-0.39, 0.29) is 34.7 Å².